The maximum Gasteiger partial charge on any atom is 0.188 e. The van der Waals surface area contributed by atoms with Gasteiger partial charge in [-0.05, 0) is 37.7 Å². The second-order valence-electron chi connectivity index (χ2n) is 4.86. The monoisotopic (exact) mass is 249 g/mol. The van der Waals surface area contributed by atoms with Crippen LogP contribution in [0.3, 0.4) is 0 Å². The van der Waals surface area contributed by atoms with Crippen molar-refractivity contribution in [1.82, 2.24) is 4.98 Å². The van der Waals surface area contributed by atoms with Crippen molar-refractivity contribution in [2.24, 2.45) is 16.8 Å². The highest BCUT2D eigenvalue weighted by Crippen LogP contribution is 2.27. The van der Waals surface area contributed by atoms with Crippen molar-refractivity contribution in [3.8, 4) is 5.75 Å². The molecule has 5 nitrogen and oxygen atoms in total. The fourth-order valence-electron chi connectivity index (χ4n) is 2.22. The Hall–Kier alpha value is -1.78. The molecule has 0 bridgehead atoms. The number of hydrogen-bond donors (Lipinski definition) is 2. The Labute approximate surface area is 107 Å². The van der Waals surface area contributed by atoms with Crippen LogP contribution in [0.15, 0.2) is 23.5 Å². The number of aromatic nitrogens is 1. The summed E-state index contributed by atoms with van der Waals surface area (Å²) in [7, 11) is 0. The summed E-state index contributed by atoms with van der Waals surface area (Å²) in [5.41, 5.74) is 5.93. The smallest absolute Gasteiger partial charge is 0.188 e. The molecule has 1 aliphatic carbocycles. The molecule has 0 amide bonds. The van der Waals surface area contributed by atoms with Gasteiger partial charge < -0.3 is 15.7 Å². The molecule has 0 aromatic carbocycles. The Bertz CT molecular complexity index is 426. The minimum Gasteiger partial charge on any atom is -0.490 e. The summed E-state index contributed by atoms with van der Waals surface area (Å²) >= 11 is 0. The fraction of sp³-hybridized carbons (Fsp3) is 0.538. The van der Waals surface area contributed by atoms with E-state index < -0.39 is 0 Å². The van der Waals surface area contributed by atoms with Gasteiger partial charge in [-0.15, -0.1) is 0 Å². The Morgan fingerprint density at radius 2 is 2.17 bits per heavy atom. The number of rotatable bonds is 3. The summed E-state index contributed by atoms with van der Waals surface area (Å²) in [4.78, 5) is 4.02. The Balaban J connectivity index is 2.01. The van der Waals surface area contributed by atoms with Gasteiger partial charge >= 0.3 is 0 Å². The van der Waals surface area contributed by atoms with Gasteiger partial charge in [0.15, 0.2) is 5.84 Å². The van der Waals surface area contributed by atoms with Gasteiger partial charge in [0.25, 0.3) is 0 Å². The maximum absolute atomic E-state index is 8.61. The van der Waals surface area contributed by atoms with Crippen molar-refractivity contribution in [3.63, 3.8) is 0 Å². The normalized spacial score (nSPS) is 24.8. The van der Waals surface area contributed by atoms with E-state index in [2.05, 4.69) is 17.1 Å². The molecular formula is C13H19N3O2. The van der Waals surface area contributed by atoms with Crippen molar-refractivity contribution in [2.75, 3.05) is 0 Å². The highest BCUT2D eigenvalue weighted by atomic mass is 16.5. The highest BCUT2D eigenvalue weighted by molar-refractivity contribution is 5.95. The minimum atomic E-state index is -0.00211. The van der Waals surface area contributed by atoms with Crippen LogP contribution in [0.2, 0.25) is 0 Å². The molecule has 1 saturated carbocycles. The third-order valence-corrected chi connectivity index (χ3v) is 3.37. The first-order valence-corrected chi connectivity index (χ1v) is 6.29. The number of ether oxygens (including phenoxy) is 1. The molecule has 0 atom stereocenters. The number of hydrogen-bond acceptors (Lipinski definition) is 4. The summed E-state index contributed by atoms with van der Waals surface area (Å²) in [6.07, 6.45) is 6.47. The molecule has 18 heavy (non-hydrogen) atoms. The number of pyridine rings is 1. The molecule has 1 aliphatic rings. The summed E-state index contributed by atoms with van der Waals surface area (Å²) in [6, 6.07) is 3.50. The van der Waals surface area contributed by atoms with E-state index in [1.54, 1.807) is 18.3 Å². The van der Waals surface area contributed by atoms with Gasteiger partial charge in [0, 0.05) is 12.3 Å². The first-order chi connectivity index (χ1) is 8.69. The van der Waals surface area contributed by atoms with E-state index in [1.807, 2.05) is 0 Å². The first kappa shape index (κ1) is 12.7. The fourth-order valence-corrected chi connectivity index (χ4v) is 2.22. The van der Waals surface area contributed by atoms with Crippen LogP contribution in [0.1, 0.15) is 38.3 Å². The van der Waals surface area contributed by atoms with Crippen molar-refractivity contribution >= 4 is 5.84 Å². The molecule has 0 aliphatic heterocycles. The van der Waals surface area contributed by atoms with Gasteiger partial charge in [0.05, 0.1) is 6.10 Å². The van der Waals surface area contributed by atoms with Crippen molar-refractivity contribution < 1.29 is 9.94 Å². The molecule has 1 aromatic rings. The lowest BCUT2D eigenvalue weighted by molar-refractivity contribution is 0.135. The van der Waals surface area contributed by atoms with Gasteiger partial charge in [-0.2, -0.15) is 0 Å². The quantitative estimate of drug-likeness (QED) is 0.372. The molecular weight excluding hydrogens is 230 g/mol. The molecule has 5 heteroatoms. The topological polar surface area (TPSA) is 80.7 Å². The van der Waals surface area contributed by atoms with E-state index in [0.717, 1.165) is 24.5 Å². The van der Waals surface area contributed by atoms with E-state index in [1.165, 1.54) is 12.8 Å². The number of oxime groups is 1. The molecule has 1 fully saturated rings. The van der Waals surface area contributed by atoms with E-state index in [-0.39, 0.29) is 11.9 Å². The standard InChI is InChI=1S/C13H19N3O2/c1-9-2-4-10(5-3-9)18-11-6-7-15-12(8-11)13(14)16-17/h6-10,17H,2-5H2,1H3,(H2,14,16). The lowest BCUT2D eigenvalue weighted by Crippen LogP contribution is -2.23. The van der Waals surface area contributed by atoms with Crippen molar-refractivity contribution in [1.29, 1.82) is 0 Å². The average Bonchev–Trinajstić information content (AvgIpc) is 2.41. The molecule has 1 aromatic heterocycles. The zero-order chi connectivity index (χ0) is 13.0. The lowest BCUT2D eigenvalue weighted by atomic mass is 9.89. The zero-order valence-corrected chi connectivity index (χ0v) is 10.5. The second kappa shape index (κ2) is 5.71. The molecule has 0 spiro atoms. The van der Waals surface area contributed by atoms with Crippen LogP contribution in [-0.4, -0.2) is 22.1 Å². The van der Waals surface area contributed by atoms with Crippen LogP contribution in [0.5, 0.6) is 5.75 Å². The van der Waals surface area contributed by atoms with Crippen LogP contribution in [0.25, 0.3) is 0 Å². The van der Waals surface area contributed by atoms with Crippen LogP contribution in [0, 0.1) is 5.92 Å². The van der Waals surface area contributed by atoms with Crippen LogP contribution in [-0.2, 0) is 0 Å². The average molecular weight is 249 g/mol. The highest BCUT2D eigenvalue weighted by Gasteiger charge is 2.19. The largest absolute Gasteiger partial charge is 0.490 e. The third-order valence-electron chi connectivity index (χ3n) is 3.37. The number of nitrogens with two attached hydrogens (primary N) is 1. The zero-order valence-electron chi connectivity index (χ0n) is 10.5. The van der Waals surface area contributed by atoms with Crippen molar-refractivity contribution in [3.05, 3.63) is 24.0 Å². The van der Waals surface area contributed by atoms with Gasteiger partial charge in [-0.25, -0.2) is 0 Å². The van der Waals surface area contributed by atoms with E-state index in [9.17, 15) is 0 Å². The molecule has 0 radical (unpaired) electrons. The van der Waals surface area contributed by atoms with Crippen molar-refractivity contribution in [2.45, 2.75) is 38.7 Å². The van der Waals surface area contributed by atoms with Gasteiger partial charge in [-0.3, -0.25) is 4.98 Å². The Morgan fingerprint density at radius 3 is 2.83 bits per heavy atom. The maximum atomic E-state index is 8.61. The molecule has 2 rings (SSSR count). The number of amidine groups is 1. The predicted molar refractivity (Wildman–Crippen MR) is 68.8 cm³/mol. The molecule has 98 valence electrons. The summed E-state index contributed by atoms with van der Waals surface area (Å²) in [6.45, 7) is 2.28. The molecule has 3 N–H and O–H groups in total. The predicted octanol–water partition coefficient (Wildman–Crippen LogP) is 2.13. The third kappa shape index (κ3) is 3.12. The SMILES string of the molecule is CC1CCC(Oc2ccnc(C(N)=NO)c2)CC1. The van der Waals surface area contributed by atoms with Gasteiger partial charge in [0.1, 0.15) is 11.4 Å². The van der Waals surface area contributed by atoms with Crippen LogP contribution in [0.4, 0.5) is 0 Å². The van der Waals surface area contributed by atoms with E-state index in [4.69, 9.17) is 15.7 Å². The lowest BCUT2D eigenvalue weighted by Gasteiger charge is -2.26. The Morgan fingerprint density at radius 1 is 1.44 bits per heavy atom. The summed E-state index contributed by atoms with van der Waals surface area (Å²) in [5.74, 6) is 1.53. The number of nitrogens with zero attached hydrogens (tertiary/aromatic N) is 2. The van der Waals surface area contributed by atoms with Gasteiger partial charge in [-0.1, -0.05) is 12.1 Å². The van der Waals surface area contributed by atoms with Crippen LogP contribution < -0.4 is 10.5 Å². The van der Waals surface area contributed by atoms with E-state index >= 15 is 0 Å². The molecule has 0 unspecified atom stereocenters. The second-order valence-corrected chi connectivity index (χ2v) is 4.86. The van der Waals surface area contributed by atoms with Crippen LogP contribution >= 0.6 is 0 Å². The molecule has 0 saturated heterocycles. The summed E-state index contributed by atoms with van der Waals surface area (Å²) < 4.78 is 5.91. The molecule has 1 heterocycles. The van der Waals surface area contributed by atoms with E-state index in [0.29, 0.717) is 5.69 Å². The summed E-state index contributed by atoms with van der Waals surface area (Å²) in [5, 5.41) is 11.5. The Kier molecular flexibility index (Phi) is 4.02. The minimum absolute atomic E-state index is 0.00211. The first-order valence-electron chi connectivity index (χ1n) is 6.29. The van der Waals surface area contributed by atoms with Gasteiger partial charge in [0.2, 0.25) is 0 Å².